The molecule has 0 saturated heterocycles. The van der Waals surface area contributed by atoms with Gasteiger partial charge in [-0.2, -0.15) is 5.10 Å². The van der Waals surface area contributed by atoms with E-state index in [1.54, 1.807) is 10.9 Å². The molecule has 18 heavy (non-hydrogen) atoms. The van der Waals surface area contributed by atoms with Gasteiger partial charge in [0.25, 0.3) is 0 Å². The Morgan fingerprint density at radius 1 is 1.39 bits per heavy atom. The molecule has 2 aromatic rings. The summed E-state index contributed by atoms with van der Waals surface area (Å²) in [5.74, 6) is 0. The number of hydrogen-bond donors (Lipinski definition) is 1. The first-order valence-corrected chi connectivity index (χ1v) is 6.28. The molecule has 2 aromatic heterocycles. The van der Waals surface area contributed by atoms with Gasteiger partial charge in [-0.3, -0.25) is 4.98 Å². The Bertz CT molecular complexity index is 548. The van der Waals surface area contributed by atoms with Gasteiger partial charge in [-0.05, 0) is 32.4 Å². The highest BCUT2D eigenvalue weighted by atomic mass is 35.5. The fourth-order valence-electron chi connectivity index (χ4n) is 1.80. The third-order valence-electron chi connectivity index (χ3n) is 2.95. The minimum Gasteiger partial charge on any atom is -0.387 e. The van der Waals surface area contributed by atoms with Gasteiger partial charge in [-0.1, -0.05) is 18.5 Å². The molecule has 0 fully saturated rings. The number of halogens is 1. The molecule has 0 bridgehead atoms. The highest BCUT2D eigenvalue weighted by molar-refractivity contribution is 6.31. The van der Waals surface area contributed by atoms with E-state index < -0.39 is 6.10 Å². The van der Waals surface area contributed by atoms with Crippen LogP contribution in [0.2, 0.25) is 5.02 Å². The second kappa shape index (κ2) is 5.08. The lowest BCUT2D eigenvalue weighted by molar-refractivity contribution is 0.169. The van der Waals surface area contributed by atoms with Crippen molar-refractivity contribution in [2.75, 3.05) is 0 Å². The maximum atomic E-state index is 9.69. The van der Waals surface area contributed by atoms with E-state index in [0.717, 1.165) is 17.1 Å². The zero-order chi connectivity index (χ0) is 13.3. The van der Waals surface area contributed by atoms with Crippen LogP contribution in [-0.2, 0) is 0 Å². The molecule has 96 valence electrons. The molecule has 0 aliphatic heterocycles. The average Bonchev–Trinajstić information content (AvgIpc) is 2.66. The Kier molecular flexibility index (Phi) is 3.68. The summed E-state index contributed by atoms with van der Waals surface area (Å²) in [7, 11) is 0. The Labute approximate surface area is 111 Å². The predicted molar refractivity (Wildman–Crippen MR) is 71.1 cm³/mol. The van der Waals surface area contributed by atoms with Gasteiger partial charge < -0.3 is 5.11 Å². The molecule has 2 heterocycles. The van der Waals surface area contributed by atoms with Crippen LogP contribution in [0.4, 0.5) is 0 Å². The Hall–Kier alpha value is -1.39. The minimum absolute atomic E-state index is 0.511. The zero-order valence-electron chi connectivity index (χ0n) is 10.7. The van der Waals surface area contributed by atoms with Crippen LogP contribution in [0.3, 0.4) is 0 Å². The highest BCUT2D eigenvalue weighted by Gasteiger charge is 2.12. The van der Waals surface area contributed by atoms with E-state index in [9.17, 15) is 5.11 Å². The van der Waals surface area contributed by atoms with Crippen molar-refractivity contribution in [1.29, 1.82) is 0 Å². The smallest absolute Gasteiger partial charge is 0.0957 e. The Morgan fingerprint density at radius 3 is 2.56 bits per heavy atom. The van der Waals surface area contributed by atoms with Gasteiger partial charge in [0, 0.05) is 0 Å². The molecule has 0 aromatic carbocycles. The summed E-state index contributed by atoms with van der Waals surface area (Å²) >= 11 is 6.11. The largest absolute Gasteiger partial charge is 0.387 e. The van der Waals surface area contributed by atoms with Crippen LogP contribution in [0.1, 0.15) is 36.5 Å². The summed E-state index contributed by atoms with van der Waals surface area (Å²) in [4.78, 5) is 4.25. The van der Waals surface area contributed by atoms with Gasteiger partial charge in [0.1, 0.15) is 0 Å². The lowest BCUT2D eigenvalue weighted by Gasteiger charge is -2.08. The normalized spacial score (nSPS) is 12.7. The lowest BCUT2D eigenvalue weighted by atomic mass is 10.2. The van der Waals surface area contributed by atoms with Crippen LogP contribution < -0.4 is 0 Å². The molecule has 1 N–H and O–H groups in total. The Balaban J connectivity index is 2.37. The fraction of sp³-hybridized carbons (Fsp3) is 0.385. The SMILES string of the molecule is CC[C@H](O)c1ccc(-n2nc(C)c(Cl)c2C)cn1. The maximum Gasteiger partial charge on any atom is 0.0957 e. The zero-order valence-corrected chi connectivity index (χ0v) is 11.4. The molecule has 0 amide bonds. The highest BCUT2D eigenvalue weighted by Crippen LogP contribution is 2.22. The van der Waals surface area contributed by atoms with Gasteiger partial charge >= 0.3 is 0 Å². The number of aliphatic hydroxyl groups excluding tert-OH is 1. The van der Waals surface area contributed by atoms with Crippen LogP contribution in [0.5, 0.6) is 0 Å². The first-order chi connectivity index (χ1) is 8.54. The first kappa shape index (κ1) is 13.1. The second-order valence-corrected chi connectivity index (χ2v) is 4.64. The van der Waals surface area contributed by atoms with Crippen molar-refractivity contribution in [1.82, 2.24) is 14.8 Å². The molecule has 4 nitrogen and oxygen atoms in total. The van der Waals surface area contributed by atoms with Gasteiger partial charge in [-0.15, -0.1) is 0 Å². The van der Waals surface area contributed by atoms with Gasteiger partial charge in [0.2, 0.25) is 0 Å². The topological polar surface area (TPSA) is 50.9 Å². The molecule has 0 aliphatic carbocycles. The quantitative estimate of drug-likeness (QED) is 0.928. The first-order valence-electron chi connectivity index (χ1n) is 5.90. The third kappa shape index (κ3) is 2.26. The van der Waals surface area contributed by atoms with Crippen molar-refractivity contribution in [3.8, 4) is 5.69 Å². The van der Waals surface area contributed by atoms with Crippen molar-refractivity contribution < 1.29 is 5.11 Å². The molecule has 2 rings (SSSR count). The van der Waals surface area contributed by atoms with Crippen molar-refractivity contribution in [2.45, 2.75) is 33.3 Å². The van der Waals surface area contributed by atoms with E-state index >= 15 is 0 Å². The van der Waals surface area contributed by atoms with Gasteiger partial charge in [-0.25, -0.2) is 4.68 Å². The van der Waals surface area contributed by atoms with E-state index in [1.807, 2.05) is 32.9 Å². The van der Waals surface area contributed by atoms with E-state index in [0.29, 0.717) is 17.1 Å². The van der Waals surface area contributed by atoms with Crippen LogP contribution in [0, 0.1) is 13.8 Å². The molecule has 0 unspecified atom stereocenters. The van der Waals surface area contributed by atoms with Crippen molar-refractivity contribution in [3.63, 3.8) is 0 Å². The maximum absolute atomic E-state index is 9.69. The van der Waals surface area contributed by atoms with Crippen molar-refractivity contribution >= 4 is 11.6 Å². The number of aliphatic hydroxyl groups is 1. The summed E-state index contributed by atoms with van der Waals surface area (Å²) in [6.07, 6.45) is 1.84. The molecular formula is C13H16ClN3O. The number of nitrogens with zero attached hydrogens (tertiary/aromatic N) is 3. The second-order valence-electron chi connectivity index (χ2n) is 4.26. The molecule has 0 radical (unpaired) electrons. The summed E-state index contributed by atoms with van der Waals surface area (Å²) in [6.45, 7) is 5.70. The summed E-state index contributed by atoms with van der Waals surface area (Å²) in [5.41, 5.74) is 3.20. The van der Waals surface area contributed by atoms with E-state index in [-0.39, 0.29) is 0 Å². The van der Waals surface area contributed by atoms with Crippen molar-refractivity contribution in [2.24, 2.45) is 0 Å². The molecule has 5 heteroatoms. The number of hydrogen-bond acceptors (Lipinski definition) is 3. The van der Waals surface area contributed by atoms with E-state index in [4.69, 9.17) is 11.6 Å². The summed E-state index contributed by atoms with van der Waals surface area (Å²) < 4.78 is 1.76. The van der Waals surface area contributed by atoms with Gasteiger partial charge in [0.15, 0.2) is 0 Å². The van der Waals surface area contributed by atoms with Gasteiger partial charge in [0.05, 0.1) is 40.1 Å². The lowest BCUT2D eigenvalue weighted by Crippen LogP contribution is -2.03. The summed E-state index contributed by atoms with van der Waals surface area (Å²) in [5, 5.41) is 14.7. The monoisotopic (exact) mass is 265 g/mol. The molecule has 0 saturated carbocycles. The third-order valence-corrected chi connectivity index (χ3v) is 3.49. The van der Waals surface area contributed by atoms with E-state index in [2.05, 4.69) is 10.1 Å². The summed E-state index contributed by atoms with van der Waals surface area (Å²) in [6, 6.07) is 3.70. The number of rotatable bonds is 3. The average molecular weight is 266 g/mol. The van der Waals surface area contributed by atoms with Crippen LogP contribution in [-0.4, -0.2) is 19.9 Å². The van der Waals surface area contributed by atoms with E-state index in [1.165, 1.54) is 0 Å². The standard InChI is InChI=1S/C13H16ClN3O/c1-4-12(18)11-6-5-10(7-15-11)17-9(3)13(14)8(2)16-17/h5-7,12,18H,4H2,1-3H3/t12-/m0/s1. The van der Waals surface area contributed by atoms with Crippen molar-refractivity contribution in [3.05, 3.63) is 40.4 Å². The van der Waals surface area contributed by atoms with Crippen LogP contribution in [0.15, 0.2) is 18.3 Å². The molecule has 0 spiro atoms. The van der Waals surface area contributed by atoms with Crippen LogP contribution >= 0.6 is 11.6 Å². The molecular weight excluding hydrogens is 250 g/mol. The number of aromatic nitrogens is 3. The van der Waals surface area contributed by atoms with Crippen LogP contribution in [0.25, 0.3) is 5.69 Å². The number of pyridine rings is 1. The molecule has 1 atom stereocenters. The number of aryl methyl sites for hydroxylation is 1. The molecule has 0 aliphatic rings. The fourth-order valence-corrected chi connectivity index (χ4v) is 1.92. The Morgan fingerprint density at radius 2 is 2.11 bits per heavy atom. The predicted octanol–water partition coefficient (Wildman–Crippen LogP) is 2.98. The minimum atomic E-state index is -0.511.